The normalized spacial score (nSPS) is 12.7. The summed E-state index contributed by atoms with van der Waals surface area (Å²) < 4.78 is 44.3. The second-order valence-corrected chi connectivity index (χ2v) is 4.35. The lowest BCUT2D eigenvalue weighted by atomic mass is 10.2. The van der Waals surface area contributed by atoms with E-state index in [1.54, 1.807) is 25.2 Å². The quantitative estimate of drug-likeness (QED) is 0.491. The van der Waals surface area contributed by atoms with Gasteiger partial charge in [-0.25, -0.2) is 0 Å². The zero-order valence-electron chi connectivity index (χ0n) is 12.7. The van der Waals surface area contributed by atoms with E-state index >= 15 is 0 Å². The minimum atomic E-state index is -4.63. The molecule has 1 rings (SSSR count). The van der Waals surface area contributed by atoms with Crippen LogP contribution in [0.15, 0.2) is 35.3 Å². The van der Waals surface area contributed by atoms with Crippen molar-refractivity contribution in [1.82, 2.24) is 0 Å². The summed E-state index contributed by atoms with van der Waals surface area (Å²) in [4.78, 5) is 4.08. The molecule has 4 nitrogen and oxygen atoms in total. The molecule has 0 aliphatic heterocycles. The molecule has 0 aliphatic carbocycles. The number of nitrogens with one attached hydrogen (secondary N) is 1. The molecule has 22 heavy (non-hydrogen) atoms. The Balaban J connectivity index is 2.58. The second kappa shape index (κ2) is 8.43. The summed E-state index contributed by atoms with van der Waals surface area (Å²) >= 11 is 0. The summed E-state index contributed by atoms with van der Waals surface area (Å²) in [6.07, 6.45) is -0.934. The van der Waals surface area contributed by atoms with E-state index < -0.39 is 13.0 Å². The summed E-state index contributed by atoms with van der Waals surface area (Å²) in [7, 11) is 1.68. The number of aliphatic imine (C=N–C) groups is 1. The third-order valence-electron chi connectivity index (χ3n) is 2.64. The van der Waals surface area contributed by atoms with E-state index in [4.69, 9.17) is 4.74 Å². The van der Waals surface area contributed by atoms with Gasteiger partial charge in [0.1, 0.15) is 18.2 Å². The minimum Gasteiger partial charge on any atom is -0.491 e. The Morgan fingerprint density at radius 1 is 1.32 bits per heavy atom. The molecule has 0 aliphatic rings. The summed E-state index contributed by atoms with van der Waals surface area (Å²) in [5.41, 5.74) is 1.73. The standard InChI is InChI=1S/C15H19F3N2O2/c1-4-5-14(19-3)20-13-7-6-12(10-11(13)2)21-8-9-22-15(16,17)18/h4-7,10H,8-9H2,1-3H3,(H,19,20)/b5-4-. The Labute approximate surface area is 127 Å². The van der Waals surface area contributed by atoms with E-state index in [0.717, 1.165) is 11.3 Å². The summed E-state index contributed by atoms with van der Waals surface area (Å²) in [6, 6.07) is 5.19. The molecule has 0 unspecified atom stereocenters. The summed E-state index contributed by atoms with van der Waals surface area (Å²) in [5, 5.41) is 3.15. The minimum absolute atomic E-state index is 0.175. The van der Waals surface area contributed by atoms with Crippen molar-refractivity contribution in [3.05, 3.63) is 35.9 Å². The molecule has 0 fully saturated rings. The highest BCUT2D eigenvalue weighted by atomic mass is 19.4. The molecule has 0 saturated heterocycles. The average molecular weight is 316 g/mol. The number of allylic oxidation sites excluding steroid dienone is 1. The molecule has 1 aromatic rings. The Hall–Kier alpha value is -2.02. The molecule has 0 atom stereocenters. The first-order valence-corrected chi connectivity index (χ1v) is 6.66. The topological polar surface area (TPSA) is 42.9 Å². The number of hydrogen-bond donors (Lipinski definition) is 1. The van der Waals surface area contributed by atoms with Gasteiger partial charge in [-0.15, -0.1) is 13.2 Å². The first-order valence-electron chi connectivity index (χ1n) is 6.66. The fourth-order valence-electron chi connectivity index (χ4n) is 1.65. The zero-order chi connectivity index (χ0) is 16.6. The van der Waals surface area contributed by atoms with Crippen molar-refractivity contribution in [3.63, 3.8) is 0 Å². The first kappa shape index (κ1) is 18.0. The smallest absolute Gasteiger partial charge is 0.491 e. The van der Waals surface area contributed by atoms with Crippen LogP contribution < -0.4 is 10.1 Å². The van der Waals surface area contributed by atoms with E-state index in [1.165, 1.54) is 0 Å². The van der Waals surface area contributed by atoms with Crippen molar-refractivity contribution in [1.29, 1.82) is 0 Å². The number of alkyl halides is 3. The van der Waals surface area contributed by atoms with Gasteiger partial charge in [-0.2, -0.15) is 0 Å². The van der Waals surface area contributed by atoms with Gasteiger partial charge in [-0.3, -0.25) is 9.73 Å². The monoisotopic (exact) mass is 316 g/mol. The lowest BCUT2D eigenvalue weighted by molar-refractivity contribution is -0.325. The van der Waals surface area contributed by atoms with Crippen LogP contribution in [0.4, 0.5) is 18.9 Å². The van der Waals surface area contributed by atoms with Crippen molar-refractivity contribution in [2.45, 2.75) is 20.2 Å². The molecule has 0 amide bonds. The molecule has 1 N–H and O–H groups in total. The Kier molecular flexibility index (Phi) is 6.91. The van der Waals surface area contributed by atoms with Crippen molar-refractivity contribution in [2.24, 2.45) is 4.99 Å². The number of ether oxygens (including phenoxy) is 2. The molecule has 0 bridgehead atoms. The molecular weight excluding hydrogens is 297 g/mol. The predicted octanol–water partition coefficient (Wildman–Crippen LogP) is 3.93. The number of rotatable bonds is 6. The fraction of sp³-hybridized carbons (Fsp3) is 0.400. The number of benzene rings is 1. The number of anilines is 1. The van der Waals surface area contributed by atoms with Crippen LogP contribution >= 0.6 is 0 Å². The van der Waals surface area contributed by atoms with E-state index in [0.29, 0.717) is 11.6 Å². The molecule has 7 heteroatoms. The Morgan fingerprint density at radius 2 is 2.05 bits per heavy atom. The zero-order valence-corrected chi connectivity index (χ0v) is 12.7. The number of halogens is 3. The second-order valence-electron chi connectivity index (χ2n) is 4.35. The maximum Gasteiger partial charge on any atom is 0.522 e. The molecule has 0 radical (unpaired) electrons. The van der Waals surface area contributed by atoms with Gasteiger partial charge in [-0.05, 0) is 43.7 Å². The van der Waals surface area contributed by atoms with Gasteiger partial charge < -0.3 is 10.1 Å². The fourth-order valence-corrected chi connectivity index (χ4v) is 1.65. The number of amidine groups is 1. The van der Waals surface area contributed by atoms with Crippen LogP contribution in [0.5, 0.6) is 5.75 Å². The Bertz CT molecular complexity index is 540. The number of aryl methyl sites for hydroxylation is 1. The molecule has 122 valence electrons. The molecule has 0 aromatic heterocycles. The van der Waals surface area contributed by atoms with E-state index in [-0.39, 0.29) is 6.61 Å². The molecular formula is C15H19F3N2O2. The van der Waals surface area contributed by atoms with Gasteiger partial charge >= 0.3 is 6.36 Å². The summed E-state index contributed by atoms with van der Waals surface area (Å²) in [5.74, 6) is 1.19. The van der Waals surface area contributed by atoms with Crippen LogP contribution in [0.2, 0.25) is 0 Å². The highest BCUT2D eigenvalue weighted by Crippen LogP contribution is 2.22. The van der Waals surface area contributed by atoms with Crippen molar-refractivity contribution in [3.8, 4) is 5.75 Å². The third-order valence-corrected chi connectivity index (χ3v) is 2.64. The van der Waals surface area contributed by atoms with Crippen LogP contribution in [0.25, 0.3) is 0 Å². The van der Waals surface area contributed by atoms with Gasteiger partial charge in [0, 0.05) is 12.7 Å². The molecule has 1 aromatic carbocycles. The molecule has 0 saturated carbocycles. The largest absolute Gasteiger partial charge is 0.522 e. The average Bonchev–Trinajstić information content (AvgIpc) is 2.44. The maximum absolute atomic E-state index is 11.8. The van der Waals surface area contributed by atoms with Crippen molar-refractivity contribution < 1.29 is 22.6 Å². The summed E-state index contributed by atoms with van der Waals surface area (Å²) in [6.45, 7) is 3.03. The van der Waals surface area contributed by atoms with E-state index in [9.17, 15) is 13.2 Å². The number of hydrogen-bond acceptors (Lipinski definition) is 3. The first-order chi connectivity index (χ1) is 10.4. The van der Waals surface area contributed by atoms with Crippen LogP contribution in [0, 0.1) is 6.92 Å². The van der Waals surface area contributed by atoms with Crippen molar-refractivity contribution in [2.75, 3.05) is 25.6 Å². The van der Waals surface area contributed by atoms with Crippen LogP contribution in [-0.2, 0) is 4.74 Å². The van der Waals surface area contributed by atoms with Gasteiger partial charge in [-0.1, -0.05) is 6.08 Å². The lowest BCUT2D eigenvalue weighted by Gasteiger charge is -2.12. The highest BCUT2D eigenvalue weighted by Gasteiger charge is 2.28. The molecule has 0 heterocycles. The highest BCUT2D eigenvalue weighted by molar-refractivity contribution is 6.04. The maximum atomic E-state index is 11.8. The van der Waals surface area contributed by atoms with Crippen LogP contribution in [0.1, 0.15) is 12.5 Å². The SMILES string of the molecule is C/C=C\C(=NC)Nc1ccc(OCCOC(F)(F)F)cc1C. The third kappa shape index (κ3) is 6.62. The van der Waals surface area contributed by atoms with Gasteiger partial charge in [0.25, 0.3) is 0 Å². The Morgan fingerprint density at radius 3 is 2.59 bits per heavy atom. The van der Waals surface area contributed by atoms with Gasteiger partial charge in [0.05, 0.1) is 6.61 Å². The van der Waals surface area contributed by atoms with E-state index in [2.05, 4.69) is 15.0 Å². The lowest BCUT2D eigenvalue weighted by Crippen LogP contribution is -2.18. The van der Waals surface area contributed by atoms with Gasteiger partial charge in [0.2, 0.25) is 0 Å². The predicted molar refractivity (Wildman–Crippen MR) is 80.5 cm³/mol. The van der Waals surface area contributed by atoms with Gasteiger partial charge in [0.15, 0.2) is 0 Å². The van der Waals surface area contributed by atoms with Crippen LogP contribution in [-0.4, -0.2) is 32.5 Å². The molecule has 0 spiro atoms. The van der Waals surface area contributed by atoms with E-state index in [1.807, 2.05) is 26.0 Å². The van der Waals surface area contributed by atoms with Crippen LogP contribution in [0.3, 0.4) is 0 Å². The van der Waals surface area contributed by atoms with Crippen molar-refractivity contribution >= 4 is 11.5 Å². The number of nitrogens with zero attached hydrogens (tertiary/aromatic N) is 1.